The Hall–Kier alpha value is -0.610. The molecule has 0 bridgehead atoms. The molecular formula is C13H27N3O. The molecule has 17 heavy (non-hydrogen) atoms. The minimum absolute atomic E-state index is 0.000215. The topological polar surface area (TPSA) is 35.6 Å². The second-order valence-corrected chi connectivity index (χ2v) is 4.91. The number of nitrogens with one attached hydrogen (secondary N) is 1. The Bertz CT molecular complexity index is 241. The smallest absolute Gasteiger partial charge is 0.240 e. The first-order chi connectivity index (χ1) is 8.10. The monoisotopic (exact) mass is 241 g/mol. The van der Waals surface area contributed by atoms with E-state index in [-0.39, 0.29) is 11.9 Å². The normalized spacial score (nSPS) is 22.5. The lowest BCUT2D eigenvalue weighted by atomic mass is 10.1. The highest BCUT2D eigenvalue weighted by Crippen LogP contribution is 2.12. The average molecular weight is 241 g/mol. The van der Waals surface area contributed by atoms with Gasteiger partial charge in [0.05, 0.1) is 12.7 Å². The second kappa shape index (κ2) is 6.97. The molecule has 4 nitrogen and oxygen atoms in total. The summed E-state index contributed by atoms with van der Waals surface area (Å²) in [5, 5.41) is 3.19. The molecule has 2 unspecified atom stereocenters. The minimum Gasteiger partial charge on any atom is -0.326 e. The lowest BCUT2D eigenvalue weighted by Crippen LogP contribution is -2.37. The third-order valence-electron chi connectivity index (χ3n) is 3.74. The maximum absolute atomic E-state index is 11.8. The highest BCUT2D eigenvalue weighted by atomic mass is 16.2. The summed E-state index contributed by atoms with van der Waals surface area (Å²) in [6, 6.07) is 0.357. The van der Waals surface area contributed by atoms with Crippen molar-refractivity contribution in [1.29, 1.82) is 0 Å². The molecule has 1 fully saturated rings. The predicted molar refractivity (Wildman–Crippen MR) is 70.8 cm³/mol. The summed E-state index contributed by atoms with van der Waals surface area (Å²) in [6.07, 6.45) is 2.26. The van der Waals surface area contributed by atoms with Crippen molar-refractivity contribution in [2.24, 2.45) is 0 Å². The van der Waals surface area contributed by atoms with Gasteiger partial charge in [-0.15, -0.1) is 0 Å². The summed E-state index contributed by atoms with van der Waals surface area (Å²) in [4.78, 5) is 16.2. The Morgan fingerprint density at radius 2 is 2.12 bits per heavy atom. The summed E-state index contributed by atoms with van der Waals surface area (Å²) in [7, 11) is 0. The van der Waals surface area contributed by atoms with Crippen molar-refractivity contribution >= 4 is 5.91 Å². The molecule has 0 aromatic rings. The molecule has 0 saturated carbocycles. The van der Waals surface area contributed by atoms with Gasteiger partial charge in [-0.25, -0.2) is 0 Å². The van der Waals surface area contributed by atoms with Gasteiger partial charge >= 0.3 is 0 Å². The predicted octanol–water partition coefficient (Wildman–Crippen LogP) is 1.27. The fourth-order valence-corrected chi connectivity index (χ4v) is 2.33. The summed E-state index contributed by atoms with van der Waals surface area (Å²) in [5.41, 5.74) is 0. The molecule has 0 aliphatic carbocycles. The van der Waals surface area contributed by atoms with Gasteiger partial charge in [-0.2, -0.15) is 0 Å². The van der Waals surface area contributed by atoms with Crippen LogP contribution in [0.15, 0.2) is 0 Å². The average Bonchev–Trinajstić information content (AvgIpc) is 2.65. The quantitative estimate of drug-likeness (QED) is 0.729. The molecule has 0 radical (unpaired) electrons. The molecule has 1 aliphatic heterocycles. The van der Waals surface area contributed by atoms with Gasteiger partial charge in [0.1, 0.15) is 0 Å². The molecule has 0 aromatic heterocycles. The van der Waals surface area contributed by atoms with Gasteiger partial charge in [0.25, 0.3) is 0 Å². The van der Waals surface area contributed by atoms with Crippen LogP contribution in [0.1, 0.15) is 40.5 Å². The van der Waals surface area contributed by atoms with Gasteiger partial charge < -0.3 is 9.80 Å². The zero-order chi connectivity index (χ0) is 12.8. The molecule has 2 atom stereocenters. The largest absolute Gasteiger partial charge is 0.326 e. The van der Waals surface area contributed by atoms with E-state index in [2.05, 4.69) is 31.0 Å². The highest BCUT2D eigenvalue weighted by molar-refractivity contribution is 5.83. The van der Waals surface area contributed by atoms with Crippen molar-refractivity contribution in [3.8, 4) is 0 Å². The summed E-state index contributed by atoms with van der Waals surface area (Å²) < 4.78 is 0. The van der Waals surface area contributed by atoms with Crippen molar-refractivity contribution < 1.29 is 4.79 Å². The van der Waals surface area contributed by atoms with Crippen molar-refractivity contribution in [3.05, 3.63) is 0 Å². The maximum atomic E-state index is 11.8. The van der Waals surface area contributed by atoms with Crippen molar-refractivity contribution in [1.82, 2.24) is 15.1 Å². The van der Waals surface area contributed by atoms with Crippen LogP contribution in [-0.2, 0) is 4.79 Å². The molecule has 1 rings (SSSR count). The highest BCUT2D eigenvalue weighted by Gasteiger charge is 2.30. The fourth-order valence-electron chi connectivity index (χ4n) is 2.33. The number of rotatable bonds is 7. The van der Waals surface area contributed by atoms with Crippen LogP contribution in [0.25, 0.3) is 0 Å². The summed E-state index contributed by atoms with van der Waals surface area (Å²) >= 11 is 0. The first kappa shape index (κ1) is 14.5. The van der Waals surface area contributed by atoms with Crippen LogP contribution in [0, 0.1) is 0 Å². The Kier molecular flexibility index (Phi) is 5.92. The first-order valence-corrected chi connectivity index (χ1v) is 6.86. The van der Waals surface area contributed by atoms with E-state index in [1.54, 1.807) is 0 Å². The van der Waals surface area contributed by atoms with Crippen LogP contribution in [0.5, 0.6) is 0 Å². The standard InChI is InChI=1S/C13H27N3O/c1-5-15(6-2)9-7-8-11(3)16-10-14-12(4)13(16)17/h11-12,14H,5-10H2,1-4H3. The van der Waals surface area contributed by atoms with Crippen LogP contribution in [0.3, 0.4) is 0 Å². The number of amides is 1. The van der Waals surface area contributed by atoms with Crippen molar-refractivity contribution in [3.63, 3.8) is 0 Å². The van der Waals surface area contributed by atoms with E-state index in [1.165, 1.54) is 6.42 Å². The molecule has 0 aromatic carbocycles. The molecule has 1 N–H and O–H groups in total. The zero-order valence-electron chi connectivity index (χ0n) is 11.7. The maximum Gasteiger partial charge on any atom is 0.240 e. The molecule has 1 amide bonds. The Balaban J connectivity index is 2.25. The Morgan fingerprint density at radius 1 is 1.47 bits per heavy atom. The third kappa shape index (κ3) is 3.96. The molecule has 1 saturated heterocycles. The molecule has 4 heteroatoms. The molecule has 1 aliphatic rings. The van der Waals surface area contributed by atoms with E-state index in [4.69, 9.17) is 0 Å². The zero-order valence-corrected chi connectivity index (χ0v) is 11.7. The van der Waals surface area contributed by atoms with Crippen molar-refractivity contribution in [2.75, 3.05) is 26.3 Å². The minimum atomic E-state index is 0.000215. The summed E-state index contributed by atoms with van der Waals surface area (Å²) in [5.74, 6) is 0.250. The van der Waals surface area contributed by atoms with Gasteiger partial charge in [-0.1, -0.05) is 13.8 Å². The van der Waals surface area contributed by atoms with E-state index in [1.807, 2.05) is 11.8 Å². The van der Waals surface area contributed by atoms with E-state index in [9.17, 15) is 4.79 Å². The van der Waals surface area contributed by atoms with Crippen molar-refractivity contribution in [2.45, 2.75) is 52.6 Å². The van der Waals surface area contributed by atoms with E-state index >= 15 is 0 Å². The van der Waals surface area contributed by atoms with Gasteiger partial charge in [-0.3, -0.25) is 10.1 Å². The molecular weight excluding hydrogens is 214 g/mol. The Labute approximate surface area is 105 Å². The first-order valence-electron chi connectivity index (χ1n) is 6.86. The van der Waals surface area contributed by atoms with Gasteiger partial charge in [0.15, 0.2) is 0 Å². The summed E-state index contributed by atoms with van der Waals surface area (Å²) in [6.45, 7) is 12.6. The van der Waals surface area contributed by atoms with Gasteiger partial charge in [0, 0.05) is 6.04 Å². The number of carbonyl (C=O) groups is 1. The van der Waals surface area contributed by atoms with Crippen LogP contribution in [0.2, 0.25) is 0 Å². The van der Waals surface area contributed by atoms with Gasteiger partial charge in [-0.05, 0) is 46.3 Å². The van der Waals surface area contributed by atoms with Crippen LogP contribution >= 0.6 is 0 Å². The number of carbonyl (C=O) groups excluding carboxylic acids is 1. The lowest BCUT2D eigenvalue weighted by molar-refractivity contribution is -0.130. The van der Waals surface area contributed by atoms with Crippen LogP contribution < -0.4 is 5.32 Å². The lowest BCUT2D eigenvalue weighted by Gasteiger charge is -2.25. The number of nitrogens with zero attached hydrogens (tertiary/aromatic N) is 2. The van der Waals surface area contributed by atoms with Crippen LogP contribution in [-0.4, -0.2) is 54.1 Å². The number of hydrogen-bond donors (Lipinski definition) is 1. The van der Waals surface area contributed by atoms with E-state index < -0.39 is 0 Å². The molecule has 1 heterocycles. The third-order valence-corrected chi connectivity index (χ3v) is 3.74. The fraction of sp³-hybridized carbons (Fsp3) is 0.923. The van der Waals surface area contributed by atoms with Crippen LogP contribution in [0.4, 0.5) is 0 Å². The Morgan fingerprint density at radius 3 is 2.59 bits per heavy atom. The SMILES string of the molecule is CCN(CC)CCCC(C)N1CNC(C)C1=O. The molecule has 100 valence electrons. The molecule has 0 spiro atoms. The van der Waals surface area contributed by atoms with E-state index in [0.717, 1.165) is 26.1 Å². The second-order valence-electron chi connectivity index (χ2n) is 4.91. The van der Waals surface area contributed by atoms with Gasteiger partial charge in [0.2, 0.25) is 5.91 Å². The number of hydrogen-bond acceptors (Lipinski definition) is 3. The van der Waals surface area contributed by atoms with E-state index in [0.29, 0.717) is 12.7 Å².